The molecule has 0 radical (unpaired) electrons. The molecule has 1 aromatic heterocycles. The third kappa shape index (κ3) is 6.33. The largest absolute Gasteiger partial charge is 0.325 e. The number of rotatable bonds is 8. The Bertz CT molecular complexity index is 1080. The molecule has 11 heteroatoms. The number of thioether (sulfide) groups is 1. The first kappa shape index (κ1) is 22.4. The van der Waals surface area contributed by atoms with Crippen LogP contribution in [0.15, 0.2) is 52.9 Å². The Balaban J connectivity index is 1.49. The minimum atomic E-state index is -0.535. The van der Waals surface area contributed by atoms with Gasteiger partial charge in [-0.25, -0.2) is 0 Å². The molecule has 160 valence electrons. The average molecular weight is 458 g/mol. The number of aromatic nitrogens is 2. The molecule has 0 aliphatic heterocycles. The lowest BCUT2D eigenvalue weighted by atomic mass is 10.0. The number of nitro groups is 1. The monoisotopic (exact) mass is 457 g/mol. The maximum absolute atomic E-state index is 12.2. The SMILES string of the molecule is CC(C)c1ccc(NC(=O)CSc2nnc(NC(=O)c3ccc([N+](=O)[O-])cc3)s2)cc1. The number of hydrogen-bond donors (Lipinski definition) is 2. The Morgan fingerprint density at radius 1 is 1.06 bits per heavy atom. The van der Waals surface area contributed by atoms with Crippen molar-refractivity contribution in [3.8, 4) is 0 Å². The van der Waals surface area contributed by atoms with Gasteiger partial charge in [-0.2, -0.15) is 0 Å². The van der Waals surface area contributed by atoms with Crippen molar-refractivity contribution in [2.75, 3.05) is 16.4 Å². The molecular weight excluding hydrogens is 438 g/mol. The highest BCUT2D eigenvalue weighted by Crippen LogP contribution is 2.26. The van der Waals surface area contributed by atoms with E-state index in [0.29, 0.717) is 10.3 Å². The van der Waals surface area contributed by atoms with Crippen molar-refractivity contribution in [2.24, 2.45) is 0 Å². The van der Waals surface area contributed by atoms with E-state index in [1.807, 2.05) is 24.3 Å². The summed E-state index contributed by atoms with van der Waals surface area (Å²) in [6, 6.07) is 12.9. The van der Waals surface area contributed by atoms with Crippen LogP contribution in [0.2, 0.25) is 0 Å². The van der Waals surface area contributed by atoms with Crippen LogP contribution < -0.4 is 10.6 Å². The maximum atomic E-state index is 12.2. The van der Waals surface area contributed by atoms with E-state index in [4.69, 9.17) is 0 Å². The average Bonchev–Trinajstić information content (AvgIpc) is 3.20. The molecule has 0 atom stereocenters. The summed E-state index contributed by atoms with van der Waals surface area (Å²) in [4.78, 5) is 34.5. The van der Waals surface area contributed by atoms with E-state index < -0.39 is 10.8 Å². The van der Waals surface area contributed by atoms with Crippen molar-refractivity contribution >= 4 is 51.4 Å². The minimum Gasteiger partial charge on any atom is -0.325 e. The molecule has 0 spiro atoms. The van der Waals surface area contributed by atoms with Crippen LogP contribution in [0, 0.1) is 10.1 Å². The summed E-state index contributed by atoms with van der Waals surface area (Å²) in [5.74, 6) is -0.0522. The predicted octanol–water partition coefficient (Wildman–Crippen LogP) is 4.55. The van der Waals surface area contributed by atoms with Crippen LogP contribution in [-0.2, 0) is 4.79 Å². The van der Waals surface area contributed by atoms with Crippen LogP contribution in [-0.4, -0.2) is 32.7 Å². The standard InChI is InChI=1S/C20H19N5O4S2/c1-12(2)13-3-7-15(8-4-13)21-17(26)11-30-20-24-23-19(31-20)22-18(27)14-5-9-16(10-6-14)25(28)29/h3-10,12H,11H2,1-2H3,(H,21,26)(H,22,23,27). The van der Waals surface area contributed by atoms with Gasteiger partial charge in [0, 0.05) is 23.4 Å². The molecule has 0 aliphatic carbocycles. The molecule has 0 saturated carbocycles. The van der Waals surface area contributed by atoms with Gasteiger partial charge in [-0.3, -0.25) is 25.0 Å². The van der Waals surface area contributed by atoms with Gasteiger partial charge in [0.15, 0.2) is 4.34 Å². The number of benzene rings is 2. The molecule has 3 aromatic rings. The summed E-state index contributed by atoms with van der Waals surface area (Å²) in [6.07, 6.45) is 0. The fraction of sp³-hybridized carbons (Fsp3) is 0.200. The van der Waals surface area contributed by atoms with Crippen LogP contribution in [0.1, 0.15) is 35.7 Å². The second-order valence-corrected chi connectivity index (χ2v) is 8.94. The van der Waals surface area contributed by atoms with E-state index in [-0.39, 0.29) is 28.0 Å². The van der Waals surface area contributed by atoms with E-state index in [2.05, 4.69) is 34.7 Å². The fourth-order valence-electron chi connectivity index (χ4n) is 2.50. The van der Waals surface area contributed by atoms with Gasteiger partial charge >= 0.3 is 0 Å². The first-order valence-electron chi connectivity index (χ1n) is 9.23. The molecule has 9 nitrogen and oxygen atoms in total. The summed E-state index contributed by atoms with van der Waals surface area (Å²) in [5, 5.41) is 24.2. The highest BCUT2D eigenvalue weighted by atomic mass is 32.2. The molecular formula is C20H19N5O4S2. The number of nitro benzene ring substituents is 1. The molecule has 0 bridgehead atoms. The fourth-order valence-corrected chi connectivity index (χ4v) is 4.05. The van der Waals surface area contributed by atoms with Gasteiger partial charge in [0.25, 0.3) is 11.6 Å². The molecule has 1 heterocycles. The van der Waals surface area contributed by atoms with E-state index in [1.165, 1.54) is 41.6 Å². The molecule has 3 rings (SSSR count). The van der Waals surface area contributed by atoms with Crippen LogP contribution in [0.4, 0.5) is 16.5 Å². The van der Waals surface area contributed by atoms with Crippen LogP contribution in [0.3, 0.4) is 0 Å². The van der Waals surface area contributed by atoms with Crippen molar-refractivity contribution in [2.45, 2.75) is 24.1 Å². The molecule has 0 aliphatic rings. The van der Waals surface area contributed by atoms with Crippen LogP contribution >= 0.6 is 23.1 Å². The Labute approximate surface area is 186 Å². The number of carbonyl (C=O) groups is 2. The molecule has 2 amide bonds. The van der Waals surface area contributed by atoms with Crippen LogP contribution in [0.25, 0.3) is 0 Å². The summed E-state index contributed by atoms with van der Waals surface area (Å²) < 4.78 is 0.532. The summed E-state index contributed by atoms with van der Waals surface area (Å²) in [5.41, 5.74) is 2.09. The highest BCUT2D eigenvalue weighted by molar-refractivity contribution is 8.01. The smallest absolute Gasteiger partial charge is 0.269 e. The molecule has 2 aromatic carbocycles. The van der Waals surface area contributed by atoms with Gasteiger partial charge in [-0.1, -0.05) is 49.1 Å². The van der Waals surface area contributed by atoms with E-state index in [9.17, 15) is 19.7 Å². The van der Waals surface area contributed by atoms with Crippen molar-refractivity contribution in [3.05, 3.63) is 69.8 Å². The Hall–Kier alpha value is -3.31. The number of hydrogen-bond acceptors (Lipinski definition) is 8. The summed E-state index contributed by atoms with van der Waals surface area (Å²) in [6.45, 7) is 4.21. The number of nitrogens with zero attached hydrogens (tertiary/aromatic N) is 3. The maximum Gasteiger partial charge on any atom is 0.269 e. The molecule has 0 fully saturated rings. The second kappa shape index (κ2) is 10.1. The summed E-state index contributed by atoms with van der Waals surface area (Å²) in [7, 11) is 0. The Morgan fingerprint density at radius 3 is 2.35 bits per heavy atom. The quantitative estimate of drug-likeness (QED) is 0.220. The van der Waals surface area contributed by atoms with Gasteiger partial charge in [0.05, 0.1) is 10.7 Å². The zero-order valence-corrected chi connectivity index (χ0v) is 18.3. The van der Waals surface area contributed by atoms with Crippen molar-refractivity contribution < 1.29 is 14.5 Å². The number of nitrogens with one attached hydrogen (secondary N) is 2. The Kier molecular flexibility index (Phi) is 7.32. The first-order chi connectivity index (χ1) is 14.8. The number of carbonyl (C=O) groups excluding carboxylic acids is 2. The third-order valence-corrected chi connectivity index (χ3v) is 6.13. The van der Waals surface area contributed by atoms with E-state index >= 15 is 0 Å². The Morgan fingerprint density at radius 2 is 1.74 bits per heavy atom. The first-order valence-corrected chi connectivity index (χ1v) is 11.0. The zero-order valence-electron chi connectivity index (χ0n) is 16.7. The highest BCUT2D eigenvalue weighted by Gasteiger charge is 2.13. The number of amides is 2. The van der Waals surface area contributed by atoms with Crippen molar-refractivity contribution in [1.82, 2.24) is 10.2 Å². The lowest BCUT2D eigenvalue weighted by Crippen LogP contribution is -2.13. The van der Waals surface area contributed by atoms with Gasteiger partial charge in [-0.05, 0) is 35.7 Å². The molecule has 0 unspecified atom stereocenters. The van der Waals surface area contributed by atoms with E-state index in [1.54, 1.807) is 0 Å². The zero-order chi connectivity index (χ0) is 22.4. The molecule has 2 N–H and O–H groups in total. The molecule has 0 saturated heterocycles. The lowest BCUT2D eigenvalue weighted by Gasteiger charge is -2.08. The van der Waals surface area contributed by atoms with Crippen molar-refractivity contribution in [3.63, 3.8) is 0 Å². The van der Waals surface area contributed by atoms with E-state index in [0.717, 1.165) is 17.0 Å². The number of anilines is 2. The van der Waals surface area contributed by atoms with Gasteiger partial charge < -0.3 is 5.32 Å². The normalized spacial score (nSPS) is 10.7. The minimum absolute atomic E-state index is 0.0970. The van der Waals surface area contributed by atoms with Gasteiger partial charge in [0.1, 0.15) is 0 Å². The predicted molar refractivity (Wildman–Crippen MR) is 121 cm³/mol. The topological polar surface area (TPSA) is 127 Å². The third-order valence-electron chi connectivity index (χ3n) is 4.16. The van der Waals surface area contributed by atoms with Gasteiger partial charge in [-0.15, -0.1) is 10.2 Å². The summed E-state index contributed by atoms with van der Waals surface area (Å²) >= 11 is 2.35. The lowest BCUT2D eigenvalue weighted by molar-refractivity contribution is -0.384. The van der Waals surface area contributed by atoms with Crippen molar-refractivity contribution in [1.29, 1.82) is 0 Å². The molecule has 31 heavy (non-hydrogen) atoms. The van der Waals surface area contributed by atoms with Gasteiger partial charge in [0.2, 0.25) is 11.0 Å². The number of non-ortho nitro benzene ring substituents is 1. The van der Waals surface area contributed by atoms with Crippen LogP contribution in [0.5, 0.6) is 0 Å². The second-order valence-electron chi connectivity index (χ2n) is 6.74.